The van der Waals surface area contributed by atoms with E-state index in [2.05, 4.69) is 28.4 Å². The molecule has 0 saturated carbocycles. The number of esters is 1. The Bertz CT molecular complexity index is 489. The third kappa shape index (κ3) is 14.5. The van der Waals surface area contributed by atoms with Crippen LogP contribution in [-0.2, 0) is 9.53 Å². The molecule has 0 bridgehead atoms. The lowest BCUT2D eigenvalue weighted by atomic mass is 10.1. The topological polar surface area (TPSA) is 26.3 Å². The molecular formula is C17H26O2. The summed E-state index contributed by atoms with van der Waals surface area (Å²) in [5, 5.41) is 0. The largest absolute Gasteiger partial charge is 0.469 e. The van der Waals surface area contributed by atoms with Gasteiger partial charge in [-0.3, -0.25) is 4.79 Å². The molecule has 0 aliphatic carbocycles. The molecule has 0 aromatic carbocycles. The van der Waals surface area contributed by atoms with Gasteiger partial charge in [-0.25, -0.2) is 0 Å². The lowest BCUT2D eigenvalue weighted by Gasteiger charge is -2.00. The van der Waals surface area contributed by atoms with E-state index in [-0.39, 0.29) is 5.97 Å². The van der Waals surface area contributed by atoms with E-state index >= 15 is 0 Å². The van der Waals surface area contributed by atoms with Crippen LogP contribution in [0.4, 0.5) is 0 Å². The van der Waals surface area contributed by atoms with Crippen LogP contribution in [0.2, 0.25) is 0 Å². The summed E-state index contributed by atoms with van der Waals surface area (Å²) in [5.74, 6) is 9.51. The number of rotatable bonds is 9. The standard InChI is InChI=1S/C17H26O2/c1-3-4-5-6-7-8-9-10-11-12-13-14-15-16-17(18)19-2/h3,8-16H2,1-2H3/i1D3,3D2. The first-order chi connectivity index (χ1) is 11.2. The van der Waals surface area contributed by atoms with E-state index in [4.69, 9.17) is 6.85 Å². The summed E-state index contributed by atoms with van der Waals surface area (Å²) in [4.78, 5) is 10.9. The molecule has 0 rings (SSSR count). The van der Waals surface area contributed by atoms with Crippen molar-refractivity contribution in [3.05, 3.63) is 0 Å². The number of carbonyl (C=O) groups excluding carboxylic acids is 1. The molecular weight excluding hydrogens is 236 g/mol. The maximum Gasteiger partial charge on any atom is 0.305 e. The number of ether oxygens (including phenoxy) is 1. The van der Waals surface area contributed by atoms with Gasteiger partial charge in [0.05, 0.1) is 7.11 Å². The van der Waals surface area contributed by atoms with Crippen molar-refractivity contribution < 1.29 is 16.4 Å². The number of methoxy groups -OCH3 is 1. The maximum atomic E-state index is 10.9. The molecule has 0 spiro atoms. The minimum atomic E-state index is -2.75. The lowest BCUT2D eigenvalue weighted by Crippen LogP contribution is -1.99. The van der Waals surface area contributed by atoms with Gasteiger partial charge < -0.3 is 4.74 Å². The fraction of sp³-hybridized carbons (Fsp3) is 0.706. The minimum Gasteiger partial charge on any atom is -0.469 e. The fourth-order valence-electron chi connectivity index (χ4n) is 1.64. The van der Waals surface area contributed by atoms with Crippen LogP contribution in [0, 0.1) is 23.7 Å². The van der Waals surface area contributed by atoms with Gasteiger partial charge in [0.1, 0.15) is 0 Å². The molecule has 0 aromatic heterocycles. The van der Waals surface area contributed by atoms with Gasteiger partial charge in [-0.15, -0.1) is 0 Å². The molecule has 106 valence electrons. The first-order valence-electron chi connectivity index (χ1n) is 9.27. The van der Waals surface area contributed by atoms with Crippen molar-refractivity contribution in [1.29, 1.82) is 0 Å². The Kier molecular flexibility index (Phi) is 8.01. The fourth-order valence-corrected chi connectivity index (χ4v) is 1.64. The van der Waals surface area contributed by atoms with Crippen molar-refractivity contribution in [3.8, 4) is 23.7 Å². The van der Waals surface area contributed by atoms with Crippen LogP contribution in [0.1, 0.15) is 77.9 Å². The highest BCUT2D eigenvalue weighted by Crippen LogP contribution is 2.09. The Morgan fingerprint density at radius 2 is 1.68 bits per heavy atom. The van der Waals surface area contributed by atoms with E-state index in [0.717, 1.165) is 44.9 Å². The summed E-state index contributed by atoms with van der Waals surface area (Å²) < 4.78 is 40.2. The highest BCUT2D eigenvalue weighted by molar-refractivity contribution is 5.68. The van der Waals surface area contributed by atoms with Gasteiger partial charge in [-0.2, -0.15) is 0 Å². The van der Waals surface area contributed by atoms with Crippen LogP contribution >= 0.6 is 0 Å². The summed E-state index contributed by atoms with van der Waals surface area (Å²) in [6.45, 7) is -2.75. The van der Waals surface area contributed by atoms with Crippen LogP contribution in [0.3, 0.4) is 0 Å². The normalized spacial score (nSPS) is 14.3. The second-order valence-electron chi connectivity index (χ2n) is 4.23. The third-order valence-corrected chi connectivity index (χ3v) is 2.69. The number of hydrogen-bond acceptors (Lipinski definition) is 2. The van der Waals surface area contributed by atoms with Crippen LogP contribution < -0.4 is 0 Å². The SMILES string of the molecule is [2H]C([2H])([2H])C([2H])([2H])C#CC#CCCCCCCCCCC(=O)OC. The molecule has 0 amide bonds. The number of carbonyl (C=O) groups is 1. The molecule has 0 atom stereocenters. The van der Waals surface area contributed by atoms with Crippen molar-refractivity contribution in [2.45, 2.75) is 71.0 Å². The molecule has 0 aromatic rings. The summed E-state index contributed by atoms with van der Waals surface area (Å²) >= 11 is 0. The van der Waals surface area contributed by atoms with Crippen molar-refractivity contribution in [2.24, 2.45) is 0 Å². The maximum absolute atomic E-state index is 10.9. The van der Waals surface area contributed by atoms with Crippen LogP contribution in [0.25, 0.3) is 0 Å². The van der Waals surface area contributed by atoms with Crippen LogP contribution in [-0.4, -0.2) is 13.1 Å². The van der Waals surface area contributed by atoms with Crippen molar-refractivity contribution in [3.63, 3.8) is 0 Å². The van der Waals surface area contributed by atoms with Crippen LogP contribution in [0.15, 0.2) is 0 Å². The molecule has 0 aliphatic rings. The van der Waals surface area contributed by atoms with Crippen molar-refractivity contribution >= 4 is 5.97 Å². The van der Waals surface area contributed by atoms with Gasteiger partial charge >= 0.3 is 5.97 Å². The Balaban J connectivity index is 3.65. The minimum absolute atomic E-state index is 0.149. The Morgan fingerprint density at radius 3 is 2.37 bits per heavy atom. The van der Waals surface area contributed by atoms with Crippen LogP contribution in [0.5, 0.6) is 0 Å². The van der Waals surface area contributed by atoms with Crippen molar-refractivity contribution in [2.75, 3.05) is 7.11 Å². The van der Waals surface area contributed by atoms with E-state index < -0.39 is 13.2 Å². The highest BCUT2D eigenvalue weighted by atomic mass is 16.5. The van der Waals surface area contributed by atoms with E-state index in [1.807, 2.05) is 0 Å². The summed E-state index contributed by atoms with van der Waals surface area (Å²) in [7, 11) is 1.40. The molecule has 2 nitrogen and oxygen atoms in total. The molecule has 0 heterocycles. The second kappa shape index (κ2) is 14.7. The zero-order chi connectivity index (χ0) is 18.5. The van der Waals surface area contributed by atoms with E-state index in [0.29, 0.717) is 12.8 Å². The summed E-state index contributed by atoms with van der Waals surface area (Å²) in [6, 6.07) is 0. The Hall–Kier alpha value is -1.41. The molecule has 2 heteroatoms. The van der Waals surface area contributed by atoms with Gasteiger partial charge in [-0.1, -0.05) is 50.8 Å². The van der Waals surface area contributed by atoms with Gasteiger partial charge in [0.2, 0.25) is 0 Å². The zero-order valence-electron chi connectivity index (χ0n) is 16.7. The average molecular weight is 267 g/mol. The van der Waals surface area contributed by atoms with E-state index in [1.165, 1.54) is 7.11 Å². The number of unbranched alkanes of at least 4 members (excludes halogenated alkanes) is 7. The monoisotopic (exact) mass is 267 g/mol. The molecule has 0 fully saturated rings. The lowest BCUT2D eigenvalue weighted by molar-refractivity contribution is -0.140. The summed E-state index contributed by atoms with van der Waals surface area (Å²) in [6.07, 6.45) is 5.93. The van der Waals surface area contributed by atoms with Gasteiger partial charge in [-0.05, 0) is 24.7 Å². The molecule has 0 N–H and O–H groups in total. The Morgan fingerprint density at radius 1 is 1.05 bits per heavy atom. The Labute approximate surface area is 125 Å². The van der Waals surface area contributed by atoms with Gasteiger partial charge in [0, 0.05) is 26.1 Å². The molecule has 0 saturated heterocycles. The molecule has 19 heavy (non-hydrogen) atoms. The third-order valence-electron chi connectivity index (χ3n) is 2.69. The molecule has 0 radical (unpaired) electrons. The predicted octanol–water partition coefficient (Wildman–Crippen LogP) is 4.09. The smallest absolute Gasteiger partial charge is 0.305 e. The first kappa shape index (κ1) is 10.4. The van der Waals surface area contributed by atoms with Crippen molar-refractivity contribution in [1.82, 2.24) is 0 Å². The highest BCUT2D eigenvalue weighted by Gasteiger charge is 1.98. The molecule has 0 unspecified atom stereocenters. The van der Waals surface area contributed by atoms with E-state index in [1.54, 1.807) is 0 Å². The van der Waals surface area contributed by atoms with Gasteiger partial charge in [0.15, 0.2) is 0 Å². The quantitative estimate of drug-likeness (QED) is 0.357. The number of hydrogen-bond donors (Lipinski definition) is 0. The predicted molar refractivity (Wildman–Crippen MR) is 79.4 cm³/mol. The average Bonchev–Trinajstić information content (AvgIpc) is 2.50. The zero-order valence-corrected chi connectivity index (χ0v) is 11.7. The van der Waals surface area contributed by atoms with Gasteiger partial charge in [0.25, 0.3) is 0 Å². The summed E-state index contributed by atoms with van der Waals surface area (Å²) in [5.41, 5.74) is 0. The molecule has 0 aliphatic heterocycles. The van der Waals surface area contributed by atoms with E-state index in [9.17, 15) is 4.79 Å². The second-order valence-corrected chi connectivity index (χ2v) is 4.23. The first-order valence-corrected chi connectivity index (χ1v) is 6.77.